The van der Waals surface area contributed by atoms with Crippen LogP contribution in [0.15, 0.2) is 36.4 Å². The zero-order chi connectivity index (χ0) is 22.4. The number of anilines is 1. The molecular weight excluding hydrogens is 384 g/mol. The summed E-state index contributed by atoms with van der Waals surface area (Å²) in [4.78, 5) is 14.1. The van der Waals surface area contributed by atoms with Crippen LogP contribution in [0, 0.1) is 12.8 Å². The molecule has 0 spiro atoms. The predicted octanol–water partition coefficient (Wildman–Crippen LogP) is 6.26. The van der Waals surface area contributed by atoms with Gasteiger partial charge in [0.1, 0.15) is 0 Å². The number of nitrogens with one attached hydrogen (secondary N) is 1. The van der Waals surface area contributed by atoms with Gasteiger partial charge in [0.25, 0.3) is 0 Å². The van der Waals surface area contributed by atoms with Gasteiger partial charge in [-0.05, 0) is 60.1 Å². The highest BCUT2D eigenvalue weighted by atomic mass is 16.4. The molecule has 0 aliphatic heterocycles. The summed E-state index contributed by atoms with van der Waals surface area (Å²) in [6.45, 7) is 5.05. The Kier molecular flexibility index (Phi) is 8.14. The Morgan fingerprint density at radius 3 is 2.45 bits per heavy atom. The monoisotopic (exact) mass is 422 g/mol. The Bertz CT molecular complexity index is 885. The van der Waals surface area contributed by atoms with Crippen molar-refractivity contribution in [3.63, 3.8) is 0 Å². The number of carbonyl (C=O) groups is 1. The summed E-state index contributed by atoms with van der Waals surface area (Å²) in [5.41, 5.74) is 5.35. The first-order valence-corrected chi connectivity index (χ1v) is 11.8. The fourth-order valence-electron chi connectivity index (χ4n) is 4.94. The van der Waals surface area contributed by atoms with Gasteiger partial charge in [0, 0.05) is 32.4 Å². The van der Waals surface area contributed by atoms with E-state index in [4.69, 9.17) is 0 Å². The third-order valence-electron chi connectivity index (χ3n) is 6.78. The van der Waals surface area contributed by atoms with E-state index >= 15 is 0 Å². The molecule has 0 amide bonds. The first kappa shape index (κ1) is 23.3. The van der Waals surface area contributed by atoms with Gasteiger partial charge in [0.15, 0.2) is 0 Å². The number of rotatable bonds is 9. The van der Waals surface area contributed by atoms with Gasteiger partial charge in [0.05, 0.1) is 5.56 Å². The highest BCUT2D eigenvalue weighted by molar-refractivity contribution is 5.98. The maximum atomic E-state index is 12.1. The quantitative estimate of drug-likeness (QED) is 0.500. The molecule has 0 heterocycles. The van der Waals surface area contributed by atoms with Crippen LogP contribution < -0.4 is 10.2 Å². The molecule has 168 valence electrons. The lowest BCUT2D eigenvalue weighted by molar-refractivity contribution is 0.0697. The van der Waals surface area contributed by atoms with Gasteiger partial charge < -0.3 is 15.3 Å². The summed E-state index contributed by atoms with van der Waals surface area (Å²) in [7, 11) is 3.97. The van der Waals surface area contributed by atoms with Crippen molar-refractivity contribution in [3.8, 4) is 11.1 Å². The molecule has 1 atom stereocenters. The van der Waals surface area contributed by atoms with Crippen molar-refractivity contribution < 1.29 is 9.90 Å². The Hall–Kier alpha value is -2.33. The van der Waals surface area contributed by atoms with Crippen molar-refractivity contribution in [1.29, 1.82) is 0 Å². The van der Waals surface area contributed by atoms with E-state index in [2.05, 4.69) is 18.3 Å². The molecule has 2 aromatic rings. The average molecular weight is 423 g/mol. The molecule has 3 rings (SSSR count). The summed E-state index contributed by atoms with van der Waals surface area (Å²) in [5.74, 6) is -0.0407. The van der Waals surface area contributed by atoms with Crippen molar-refractivity contribution in [2.24, 2.45) is 5.92 Å². The van der Waals surface area contributed by atoms with E-state index in [-0.39, 0.29) is 0 Å². The van der Waals surface area contributed by atoms with Gasteiger partial charge in [-0.1, -0.05) is 63.3 Å². The van der Waals surface area contributed by atoms with Crippen LogP contribution in [0.5, 0.6) is 0 Å². The number of hydrogen-bond acceptors (Lipinski definition) is 3. The van der Waals surface area contributed by atoms with Crippen LogP contribution >= 0.6 is 0 Å². The molecule has 4 heteroatoms. The standard InChI is InChI=1S/C27H38N2O2/c1-5-22(15-20-12-7-6-8-13-20)28-18-21-16-24(23-14-10-9-11-19(23)2)25(27(30)31)17-26(21)29(3)4/h9-11,14,16-17,20,22,28H,5-8,12-13,15,18H2,1-4H3,(H,30,31)/t22-/m1/s1. The molecule has 0 saturated heterocycles. The number of hydrogen-bond donors (Lipinski definition) is 2. The number of benzene rings is 2. The van der Waals surface area contributed by atoms with Crippen molar-refractivity contribution in [3.05, 3.63) is 53.1 Å². The van der Waals surface area contributed by atoms with Crippen LogP contribution in [0.3, 0.4) is 0 Å². The van der Waals surface area contributed by atoms with E-state index in [1.54, 1.807) is 0 Å². The Morgan fingerprint density at radius 2 is 1.84 bits per heavy atom. The lowest BCUT2D eigenvalue weighted by Crippen LogP contribution is -2.31. The van der Waals surface area contributed by atoms with Crippen molar-refractivity contribution >= 4 is 11.7 Å². The Labute approximate surface area is 187 Å². The van der Waals surface area contributed by atoms with Crippen LogP contribution in [0.25, 0.3) is 11.1 Å². The fourth-order valence-corrected chi connectivity index (χ4v) is 4.94. The first-order valence-electron chi connectivity index (χ1n) is 11.8. The molecule has 1 saturated carbocycles. The minimum atomic E-state index is -0.885. The summed E-state index contributed by atoms with van der Waals surface area (Å²) in [6.07, 6.45) is 9.24. The minimum Gasteiger partial charge on any atom is -0.478 e. The molecular formula is C27H38N2O2. The van der Waals surface area contributed by atoms with E-state index in [0.717, 1.165) is 46.8 Å². The minimum absolute atomic E-state index is 0.357. The molecule has 4 nitrogen and oxygen atoms in total. The zero-order valence-electron chi connectivity index (χ0n) is 19.6. The van der Waals surface area contributed by atoms with Gasteiger partial charge >= 0.3 is 5.97 Å². The van der Waals surface area contributed by atoms with Crippen molar-refractivity contribution in [2.45, 2.75) is 71.4 Å². The lowest BCUT2D eigenvalue weighted by atomic mass is 9.84. The smallest absolute Gasteiger partial charge is 0.336 e. The molecule has 2 N–H and O–H groups in total. The third-order valence-corrected chi connectivity index (χ3v) is 6.78. The first-order chi connectivity index (χ1) is 14.9. The second-order valence-corrected chi connectivity index (χ2v) is 9.27. The summed E-state index contributed by atoms with van der Waals surface area (Å²) in [5, 5.41) is 13.7. The maximum Gasteiger partial charge on any atom is 0.336 e. The number of aryl methyl sites for hydroxylation is 1. The van der Waals surface area contributed by atoms with Crippen LogP contribution in [0.1, 0.15) is 73.4 Å². The molecule has 0 aromatic heterocycles. The molecule has 0 bridgehead atoms. The molecule has 1 fully saturated rings. The molecule has 0 radical (unpaired) electrons. The molecule has 1 aliphatic carbocycles. The van der Waals surface area contributed by atoms with Gasteiger partial charge in [-0.2, -0.15) is 0 Å². The SMILES string of the molecule is CC[C@H](CC1CCCCC1)NCc1cc(-c2ccccc2C)c(C(=O)O)cc1N(C)C. The Morgan fingerprint density at radius 1 is 1.13 bits per heavy atom. The van der Waals surface area contributed by atoms with Crippen LogP contribution in [-0.2, 0) is 6.54 Å². The van der Waals surface area contributed by atoms with Crippen LogP contribution in [0.4, 0.5) is 5.69 Å². The number of carboxylic acid groups (broad SMARTS) is 1. The highest BCUT2D eigenvalue weighted by Gasteiger charge is 2.21. The number of aromatic carboxylic acids is 1. The zero-order valence-corrected chi connectivity index (χ0v) is 19.6. The van der Waals surface area contributed by atoms with Gasteiger partial charge in [-0.15, -0.1) is 0 Å². The molecule has 1 aliphatic rings. The van der Waals surface area contributed by atoms with E-state index in [0.29, 0.717) is 11.6 Å². The van der Waals surface area contributed by atoms with Gasteiger partial charge in [-0.3, -0.25) is 0 Å². The molecule has 0 unspecified atom stereocenters. The summed E-state index contributed by atoms with van der Waals surface area (Å²) in [6, 6.07) is 12.4. The van der Waals surface area contributed by atoms with Crippen LogP contribution in [-0.4, -0.2) is 31.2 Å². The maximum absolute atomic E-state index is 12.1. The molecule has 31 heavy (non-hydrogen) atoms. The topological polar surface area (TPSA) is 52.6 Å². The van der Waals surface area contributed by atoms with Crippen molar-refractivity contribution in [2.75, 3.05) is 19.0 Å². The van der Waals surface area contributed by atoms with Crippen molar-refractivity contribution in [1.82, 2.24) is 5.32 Å². The van der Waals surface area contributed by atoms with E-state index in [9.17, 15) is 9.90 Å². The van der Waals surface area contributed by atoms with Crippen LogP contribution in [0.2, 0.25) is 0 Å². The fraction of sp³-hybridized carbons (Fsp3) is 0.519. The summed E-state index contributed by atoms with van der Waals surface area (Å²) < 4.78 is 0. The van der Waals surface area contributed by atoms with E-state index in [1.165, 1.54) is 38.5 Å². The normalized spacial score (nSPS) is 15.6. The van der Waals surface area contributed by atoms with Gasteiger partial charge in [-0.25, -0.2) is 4.79 Å². The van der Waals surface area contributed by atoms with Gasteiger partial charge in [0.2, 0.25) is 0 Å². The Balaban J connectivity index is 1.89. The van der Waals surface area contributed by atoms with E-state index < -0.39 is 5.97 Å². The second kappa shape index (κ2) is 10.8. The predicted molar refractivity (Wildman–Crippen MR) is 130 cm³/mol. The second-order valence-electron chi connectivity index (χ2n) is 9.27. The number of nitrogens with zero attached hydrogens (tertiary/aromatic N) is 1. The molecule has 2 aromatic carbocycles. The average Bonchev–Trinajstić information content (AvgIpc) is 2.76. The highest BCUT2D eigenvalue weighted by Crippen LogP contribution is 2.33. The summed E-state index contributed by atoms with van der Waals surface area (Å²) >= 11 is 0. The third kappa shape index (κ3) is 5.88. The lowest BCUT2D eigenvalue weighted by Gasteiger charge is -2.28. The largest absolute Gasteiger partial charge is 0.478 e. The van der Waals surface area contributed by atoms with E-state index in [1.807, 2.05) is 56.3 Å². The number of carboxylic acids is 1.